The number of methoxy groups -OCH3 is 1. The van der Waals surface area contributed by atoms with E-state index in [4.69, 9.17) is 14.5 Å². The van der Waals surface area contributed by atoms with Crippen molar-refractivity contribution in [3.05, 3.63) is 126 Å². The number of allylic oxidation sites excluding steroid dienone is 1. The van der Waals surface area contributed by atoms with Crippen molar-refractivity contribution in [3.8, 4) is 11.5 Å². The van der Waals surface area contributed by atoms with E-state index in [0.717, 1.165) is 0 Å². The number of benzene rings is 3. The lowest BCUT2D eigenvalue weighted by Crippen LogP contribution is -2.43. The summed E-state index contributed by atoms with van der Waals surface area (Å²) in [6, 6.07) is 20.5. The van der Waals surface area contributed by atoms with Crippen LogP contribution in [-0.4, -0.2) is 35.6 Å². The maximum absolute atomic E-state index is 14.2. The van der Waals surface area contributed by atoms with Gasteiger partial charge in [0, 0.05) is 29.8 Å². The highest BCUT2D eigenvalue weighted by atomic mass is 32.1. The molecule has 0 aliphatic carbocycles. The number of nitrogens with zero attached hydrogens (tertiary/aromatic N) is 3. The van der Waals surface area contributed by atoms with E-state index in [1.165, 1.54) is 17.4 Å². The van der Waals surface area contributed by atoms with Crippen molar-refractivity contribution in [2.24, 2.45) is 4.99 Å². The quantitative estimate of drug-likeness (QED) is 0.282. The van der Waals surface area contributed by atoms with Crippen LogP contribution in [0.15, 0.2) is 93.9 Å². The fourth-order valence-corrected chi connectivity index (χ4v) is 6.14. The van der Waals surface area contributed by atoms with Gasteiger partial charge in [0.1, 0.15) is 30.0 Å². The standard InChI is InChI=1S/C33H32FN3O4S/c1-5-36(6-2)32(39)29-21(3)35-33-37(30(29)24-15-9-12-18-27(24)40-4)31(38)28(42-33)19-22-13-8-11-17-26(22)41-20-23-14-7-10-16-25(23)34/h7-19,30H,5-6,20H2,1-4H3/b28-19-. The number of thiazole rings is 1. The molecule has 216 valence electrons. The van der Waals surface area contributed by atoms with Gasteiger partial charge in [-0.15, -0.1) is 0 Å². The molecule has 1 aromatic heterocycles. The first-order valence-corrected chi connectivity index (χ1v) is 14.6. The van der Waals surface area contributed by atoms with E-state index in [2.05, 4.69) is 0 Å². The van der Waals surface area contributed by atoms with E-state index in [9.17, 15) is 14.0 Å². The van der Waals surface area contributed by atoms with Crippen molar-refractivity contribution in [2.75, 3.05) is 20.2 Å². The van der Waals surface area contributed by atoms with Crippen LogP contribution < -0.4 is 24.4 Å². The van der Waals surface area contributed by atoms with Crippen LogP contribution in [0.4, 0.5) is 4.39 Å². The van der Waals surface area contributed by atoms with Gasteiger partial charge in [0.05, 0.1) is 22.9 Å². The molecule has 0 N–H and O–H groups in total. The van der Waals surface area contributed by atoms with E-state index < -0.39 is 6.04 Å². The van der Waals surface area contributed by atoms with Crippen molar-refractivity contribution in [1.29, 1.82) is 0 Å². The molecule has 42 heavy (non-hydrogen) atoms. The number of likely N-dealkylation sites (N-methyl/N-ethyl adjacent to an activating group) is 1. The maximum Gasteiger partial charge on any atom is 0.271 e. The lowest BCUT2D eigenvalue weighted by molar-refractivity contribution is -0.127. The minimum absolute atomic E-state index is 0.0442. The Labute approximate surface area is 247 Å². The van der Waals surface area contributed by atoms with Crippen LogP contribution in [0.5, 0.6) is 11.5 Å². The molecule has 1 aliphatic heterocycles. The highest BCUT2D eigenvalue weighted by Gasteiger charge is 2.35. The zero-order valence-corrected chi connectivity index (χ0v) is 24.8. The molecule has 2 heterocycles. The number of amides is 1. The SMILES string of the molecule is CCN(CC)C(=O)C1=C(C)N=c2s/c(=C\c3ccccc3OCc3ccccc3F)c(=O)n2C1c1ccccc1OC. The average molecular weight is 586 g/mol. The molecule has 1 unspecified atom stereocenters. The number of hydrogen-bond donors (Lipinski definition) is 0. The van der Waals surface area contributed by atoms with Gasteiger partial charge in [-0.05, 0) is 45.0 Å². The third-order valence-electron chi connectivity index (χ3n) is 7.28. The lowest BCUT2D eigenvalue weighted by Gasteiger charge is -2.29. The van der Waals surface area contributed by atoms with Crippen molar-refractivity contribution in [2.45, 2.75) is 33.4 Å². The molecule has 0 spiro atoms. The lowest BCUT2D eigenvalue weighted by atomic mass is 9.94. The Balaban J connectivity index is 1.64. The number of para-hydroxylation sites is 2. The van der Waals surface area contributed by atoms with Gasteiger partial charge in [-0.25, -0.2) is 9.38 Å². The van der Waals surface area contributed by atoms with Gasteiger partial charge in [0.25, 0.3) is 11.5 Å². The van der Waals surface area contributed by atoms with Gasteiger partial charge in [-0.1, -0.05) is 65.9 Å². The van der Waals surface area contributed by atoms with E-state index in [-0.39, 0.29) is 23.9 Å². The number of hydrogen-bond acceptors (Lipinski definition) is 6. The number of aromatic nitrogens is 1. The average Bonchev–Trinajstić information content (AvgIpc) is 3.31. The molecule has 9 heteroatoms. The number of fused-ring (bicyclic) bond motifs is 1. The zero-order chi connectivity index (χ0) is 29.8. The number of halogens is 1. The molecular formula is C33H32FN3O4S. The van der Waals surface area contributed by atoms with Crippen molar-refractivity contribution in [1.82, 2.24) is 9.47 Å². The zero-order valence-electron chi connectivity index (χ0n) is 24.0. The Hall–Kier alpha value is -4.50. The molecule has 3 aromatic carbocycles. The number of carbonyl (C=O) groups is 1. The summed E-state index contributed by atoms with van der Waals surface area (Å²) in [5.74, 6) is 0.577. The summed E-state index contributed by atoms with van der Waals surface area (Å²) in [4.78, 5) is 34.9. The smallest absolute Gasteiger partial charge is 0.271 e. The summed E-state index contributed by atoms with van der Waals surface area (Å²) < 4.78 is 27.9. The molecule has 7 nitrogen and oxygen atoms in total. The van der Waals surface area contributed by atoms with Crippen LogP contribution in [-0.2, 0) is 11.4 Å². The fourth-order valence-electron chi connectivity index (χ4n) is 5.11. The summed E-state index contributed by atoms with van der Waals surface area (Å²) in [7, 11) is 1.57. The minimum Gasteiger partial charge on any atom is -0.496 e. The summed E-state index contributed by atoms with van der Waals surface area (Å²) in [5.41, 5.74) is 2.52. The van der Waals surface area contributed by atoms with Crippen LogP contribution in [0.3, 0.4) is 0 Å². The van der Waals surface area contributed by atoms with Gasteiger partial charge >= 0.3 is 0 Å². The summed E-state index contributed by atoms with van der Waals surface area (Å²) in [5, 5.41) is 0. The van der Waals surface area contributed by atoms with Crippen molar-refractivity contribution in [3.63, 3.8) is 0 Å². The summed E-state index contributed by atoms with van der Waals surface area (Å²) in [6.07, 6.45) is 1.75. The summed E-state index contributed by atoms with van der Waals surface area (Å²) in [6.45, 7) is 6.76. The van der Waals surface area contributed by atoms with E-state index in [0.29, 0.717) is 61.9 Å². The molecule has 0 radical (unpaired) electrons. The molecule has 1 atom stereocenters. The largest absolute Gasteiger partial charge is 0.496 e. The highest BCUT2D eigenvalue weighted by Crippen LogP contribution is 2.36. The molecule has 0 saturated carbocycles. The Morgan fingerprint density at radius 3 is 2.40 bits per heavy atom. The first kappa shape index (κ1) is 29.0. The summed E-state index contributed by atoms with van der Waals surface area (Å²) >= 11 is 1.24. The molecule has 4 aromatic rings. The third-order valence-corrected chi connectivity index (χ3v) is 8.27. The van der Waals surface area contributed by atoms with E-state index in [1.807, 2.05) is 63.2 Å². The fraction of sp³-hybridized carbons (Fsp3) is 0.242. The Kier molecular flexibility index (Phi) is 8.68. The molecule has 0 bridgehead atoms. The van der Waals surface area contributed by atoms with Gasteiger partial charge in [-0.3, -0.25) is 14.2 Å². The second kappa shape index (κ2) is 12.6. The first-order valence-electron chi connectivity index (χ1n) is 13.8. The predicted octanol–water partition coefficient (Wildman–Crippen LogP) is 4.83. The Morgan fingerprint density at radius 2 is 1.69 bits per heavy atom. The predicted molar refractivity (Wildman–Crippen MR) is 162 cm³/mol. The number of ether oxygens (including phenoxy) is 2. The molecule has 1 aliphatic rings. The molecular weight excluding hydrogens is 553 g/mol. The van der Waals surface area contributed by atoms with Crippen molar-refractivity contribution >= 4 is 23.3 Å². The topological polar surface area (TPSA) is 73.1 Å². The van der Waals surface area contributed by atoms with Crippen LogP contribution in [0.1, 0.15) is 43.5 Å². The number of carbonyl (C=O) groups excluding carboxylic acids is 1. The second-order valence-electron chi connectivity index (χ2n) is 9.72. The van der Waals surface area contributed by atoms with Crippen LogP contribution >= 0.6 is 11.3 Å². The maximum atomic E-state index is 14.2. The van der Waals surface area contributed by atoms with Gasteiger partial charge in [-0.2, -0.15) is 0 Å². The van der Waals surface area contributed by atoms with E-state index >= 15 is 0 Å². The Bertz CT molecular complexity index is 1840. The van der Waals surface area contributed by atoms with Gasteiger partial charge in [0.15, 0.2) is 4.80 Å². The highest BCUT2D eigenvalue weighted by molar-refractivity contribution is 7.07. The second-order valence-corrected chi connectivity index (χ2v) is 10.7. The van der Waals surface area contributed by atoms with Crippen LogP contribution in [0.25, 0.3) is 6.08 Å². The molecule has 1 amide bonds. The Morgan fingerprint density at radius 1 is 1.02 bits per heavy atom. The molecule has 5 rings (SSSR count). The number of rotatable bonds is 9. The minimum atomic E-state index is -0.722. The van der Waals surface area contributed by atoms with Gasteiger partial charge in [0.2, 0.25) is 0 Å². The van der Waals surface area contributed by atoms with E-state index in [1.54, 1.807) is 46.9 Å². The molecule has 0 fully saturated rings. The normalized spacial score (nSPS) is 14.8. The molecule has 0 saturated heterocycles. The monoisotopic (exact) mass is 585 g/mol. The first-order chi connectivity index (χ1) is 20.4. The van der Waals surface area contributed by atoms with Crippen LogP contribution in [0, 0.1) is 5.82 Å². The third kappa shape index (κ3) is 5.52. The van der Waals surface area contributed by atoms with Gasteiger partial charge < -0.3 is 14.4 Å². The van der Waals surface area contributed by atoms with Crippen LogP contribution in [0.2, 0.25) is 0 Å². The van der Waals surface area contributed by atoms with Crippen molar-refractivity contribution < 1.29 is 18.7 Å².